The molecule has 0 atom stereocenters. The van der Waals surface area contributed by atoms with Gasteiger partial charge in [0.05, 0.1) is 6.54 Å². The second-order valence-corrected chi connectivity index (χ2v) is 8.54. The molecule has 0 saturated heterocycles. The number of hydrogen-bond acceptors (Lipinski definition) is 5. The third-order valence-electron chi connectivity index (χ3n) is 4.72. The summed E-state index contributed by atoms with van der Waals surface area (Å²) in [7, 11) is 3.87. The molecule has 3 aromatic rings. The van der Waals surface area contributed by atoms with Crippen molar-refractivity contribution in [2.75, 3.05) is 27.2 Å². The average molecular weight is 479 g/mol. The molecule has 0 saturated carbocycles. The number of halogens is 3. The minimum absolute atomic E-state index is 0.227. The summed E-state index contributed by atoms with van der Waals surface area (Å²) in [5.41, 5.74) is 2.03. The smallest absolute Gasteiger partial charge is 0.273 e. The van der Waals surface area contributed by atoms with Gasteiger partial charge in [-0.3, -0.25) is 9.69 Å². The van der Waals surface area contributed by atoms with E-state index in [0.29, 0.717) is 42.1 Å². The molecule has 1 N–H and O–H groups in total. The van der Waals surface area contributed by atoms with Crippen molar-refractivity contribution >= 4 is 29.1 Å². The van der Waals surface area contributed by atoms with Crippen LogP contribution in [0.15, 0.2) is 53.1 Å². The Bertz CT molecular complexity index is 1040. The van der Waals surface area contributed by atoms with E-state index in [1.807, 2.05) is 30.0 Å². The number of benzene rings is 2. The van der Waals surface area contributed by atoms with Gasteiger partial charge in [0.2, 0.25) is 5.89 Å². The van der Waals surface area contributed by atoms with Crippen LogP contribution in [0, 0.1) is 5.82 Å². The maximum Gasteiger partial charge on any atom is 0.273 e. The van der Waals surface area contributed by atoms with Crippen molar-refractivity contribution in [2.24, 2.45) is 0 Å². The van der Waals surface area contributed by atoms with Crippen LogP contribution in [-0.4, -0.2) is 47.9 Å². The topological polar surface area (TPSA) is 61.6 Å². The summed E-state index contributed by atoms with van der Waals surface area (Å²) in [5, 5.41) is 3.92. The van der Waals surface area contributed by atoms with E-state index in [1.54, 1.807) is 24.3 Å². The zero-order valence-corrected chi connectivity index (χ0v) is 19.5. The number of rotatable bonds is 10. The third-order valence-corrected chi connectivity index (χ3v) is 5.30. The molecule has 0 fully saturated rings. The van der Waals surface area contributed by atoms with E-state index in [9.17, 15) is 9.18 Å². The molecule has 1 aromatic heterocycles. The summed E-state index contributed by atoms with van der Waals surface area (Å²) in [4.78, 5) is 20.6. The molecule has 0 spiro atoms. The molecule has 0 aliphatic carbocycles. The van der Waals surface area contributed by atoms with Crippen LogP contribution in [0.2, 0.25) is 10.0 Å². The highest BCUT2D eigenvalue weighted by molar-refractivity contribution is 6.35. The standard InChI is InChI=1S/C23H25Cl2FN4O2/c1-29(2)10-9-27-23(31)21-15-32-22(28-21)14-30(12-16-3-7-19(26)8-4-16)13-17-5-6-18(24)11-20(17)25/h3-8,11,15H,9-10,12-14H2,1-2H3,(H,27,31). The Hall–Kier alpha value is -2.45. The fraction of sp³-hybridized carbons (Fsp3) is 0.304. The maximum absolute atomic E-state index is 13.3. The molecule has 0 aliphatic heterocycles. The lowest BCUT2D eigenvalue weighted by Crippen LogP contribution is -2.31. The van der Waals surface area contributed by atoms with Crippen LogP contribution in [0.3, 0.4) is 0 Å². The van der Waals surface area contributed by atoms with E-state index in [4.69, 9.17) is 27.6 Å². The summed E-state index contributed by atoms with van der Waals surface area (Å²) < 4.78 is 18.9. The second kappa shape index (κ2) is 11.4. The van der Waals surface area contributed by atoms with E-state index in [2.05, 4.69) is 10.3 Å². The normalized spacial score (nSPS) is 11.3. The lowest BCUT2D eigenvalue weighted by Gasteiger charge is -2.21. The van der Waals surface area contributed by atoms with Crippen molar-refractivity contribution in [3.8, 4) is 0 Å². The summed E-state index contributed by atoms with van der Waals surface area (Å²) >= 11 is 12.4. The van der Waals surface area contributed by atoms with Gasteiger partial charge in [-0.05, 0) is 49.5 Å². The number of amides is 1. The van der Waals surface area contributed by atoms with Crippen molar-refractivity contribution in [3.05, 3.63) is 87.3 Å². The van der Waals surface area contributed by atoms with Crippen LogP contribution in [0.25, 0.3) is 0 Å². The van der Waals surface area contributed by atoms with Gasteiger partial charge in [0, 0.05) is 36.2 Å². The Balaban J connectivity index is 1.72. The van der Waals surface area contributed by atoms with Gasteiger partial charge >= 0.3 is 0 Å². The number of hydrogen-bond donors (Lipinski definition) is 1. The Labute approximate surface area is 196 Å². The Morgan fingerprint density at radius 2 is 1.84 bits per heavy atom. The maximum atomic E-state index is 13.3. The molecule has 0 aliphatic rings. The first-order valence-corrected chi connectivity index (χ1v) is 10.8. The molecule has 1 heterocycles. The van der Waals surface area contributed by atoms with Crippen molar-refractivity contribution in [3.63, 3.8) is 0 Å². The van der Waals surface area contributed by atoms with E-state index in [0.717, 1.165) is 17.7 Å². The minimum atomic E-state index is -0.293. The Morgan fingerprint density at radius 3 is 2.53 bits per heavy atom. The fourth-order valence-corrected chi connectivity index (χ4v) is 3.54. The van der Waals surface area contributed by atoms with Gasteiger partial charge in [0.15, 0.2) is 5.69 Å². The van der Waals surface area contributed by atoms with Crippen LogP contribution >= 0.6 is 23.2 Å². The molecule has 0 bridgehead atoms. The Morgan fingerprint density at radius 1 is 1.09 bits per heavy atom. The van der Waals surface area contributed by atoms with Gasteiger partial charge in [-0.1, -0.05) is 41.4 Å². The molecule has 32 heavy (non-hydrogen) atoms. The zero-order valence-electron chi connectivity index (χ0n) is 17.9. The first-order valence-electron chi connectivity index (χ1n) is 10.1. The molecular weight excluding hydrogens is 454 g/mol. The highest BCUT2D eigenvalue weighted by Gasteiger charge is 2.17. The first-order chi connectivity index (χ1) is 15.3. The lowest BCUT2D eigenvalue weighted by molar-refractivity contribution is 0.0946. The first kappa shape index (κ1) is 24.2. The average Bonchev–Trinajstić information content (AvgIpc) is 3.20. The summed E-state index contributed by atoms with van der Waals surface area (Å²) in [6.45, 7) is 2.57. The van der Waals surface area contributed by atoms with Crippen molar-refractivity contribution in [1.82, 2.24) is 20.1 Å². The number of likely N-dealkylation sites (N-methyl/N-ethyl adjacent to an activating group) is 1. The number of aromatic nitrogens is 1. The van der Waals surface area contributed by atoms with Crippen LogP contribution in [0.1, 0.15) is 27.5 Å². The van der Waals surface area contributed by atoms with Crippen LogP contribution in [-0.2, 0) is 19.6 Å². The predicted octanol–water partition coefficient (Wildman–Crippen LogP) is 4.61. The SMILES string of the molecule is CN(C)CCNC(=O)c1coc(CN(Cc2ccc(F)cc2)Cc2ccc(Cl)cc2Cl)n1. The molecule has 2 aromatic carbocycles. The molecule has 6 nitrogen and oxygen atoms in total. The van der Waals surface area contributed by atoms with Gasteiger partial charge in [0.25, 0.3) is 5.91 Å². The van der Waals surface area contributed by atoms with Crippen molar-refractivity contribution in [1.29, 1.82) is 0 Å². The number of carbonyl (C=O) groups excluding carboxylic acids is 1. The quantitative estimate of drug-likeness (QED) is 0.460. The number of carbonyl (C=O) groups is 1. The van der Waals surface area contributed by atoms with Gasteiger partial charge in [-0.15, -0.1) is 0 Å². The summed E-state index contributed by atoms with van der Waals surface area (Å²) in [6.07, 6.45) is 1.35. The van der Waals surface area contributed by atoms with Gasteiger partial charge in [0.1, 0.15) is 12.1 Å². The van der Waals surface area contributed by atoms with Crippen LogP contribution in [0.4, 0.5) is 4.39 Å². The minimum Gasteiger partial charge on any atom is -0.447 e. The largest absolute Gasteiger partial charge is 0.447 e. The molecule has 3 rings (SSSR count). The monoisotopic (exact) mass is 478 g/mol. The molecular formula is C23H25Cl2FN4O2. The van der Waals surface area contributed by atoms with Crippen LogP contribution in [0.5, 0.6) is 0 Å². The van der Waals surface area contributed by atoms with E-state index in [-0.39, 0.29) is 17.4 Å². The summed E-state index contributed by atoms with van der Waals surface area (Å²) in [5.74, 6) is -0.179. The van der Waals surface area contributed by atoms with Crippen LogP contribution < -0.4 is 5.32 Å². The fourth-order valence-electron chi connectivity index (χ4n) is 3.07. The zero-order chi connectivity index (χ0) is 23.1. The molecule has 0 unspecified atom stereocenters. The number of nitrogens with one attached hydrogen (secondary N) is 1. The second-order valence-electron chi connectivity index (χ2n) is 7.69. The highest BCUT2D eigenvalue weighted by Crippen LogP contribution is 2.24. The van der Waals surface area contributed by atoms with E-state index < -0.39 is 0 Å². The molecule has 0 radical (unpaired) electrons. The van der Waals surface area contributed by atoms with E-state index in [1.165, 1.54) is 18.4 Å². The lowest BCUT2D eigenvalue weighted by atomic mass is 10.1. The Kier molecular flexibility index (Phi) is 8.64. The van der Waals surface area contributed by atoms with Gasteiger partial charge < -0.3 is 14.6 Å². The number of oxazole rings is 1. The predicted molar refractivity (Wildman–Crippen MR) is 123 cm³/mol. The van der Waals surface area contributed by atoms with Crippen molar-refractivity contribution < 1.29 is 13.6 Å². The number of nitrogens with zero attached hydrogens (tertiary/aromatic N) is 3. The third kappa shape index (κ3) is 7.31. The molecule has 9 heteroatoms. The highest BCUT2D eigenvalue weighted by atomic mass is 35.5. The molecule has 170 valence electrons. The van der Waals surface area contributed by atoms with E-state index >= 15 is 0 Å². The molecule has 1 amide bonds. The summed E-state index contributed by atoms with van der Waals surface area (Å²) in [6, 6.07) is 11.6. The van der Waals surface area contributed by atoms with Crippen molar-refractivity contribution in [2.45, 2.75) is 19.6 Å². The van der Waals surface area contributed by atoms with Gasteiger partial charge in [-0.2, -0.15) is 0 Å². The van der Waals surface area contributed by atoms with Gasteiger partial charge in [-0.25, -0.2) is 9.37 Å².